The second-order valence-electron chi connectivity index (χ2n) is 14.3. The van der Waals surface area contributed by atoms with Crippen LogP contribution in [0.25, 0.3) is 0 Å². The van der Waals surface area contributed by atoms with Crippen LogP contribution in [-0.2, 0) is 54.8 Å². The van der Waals surface area contributed by atoms with Gasteiger partial charge >= 0.3 is 0 Å². The van der Waals surface area contributed by atoms with E-state index in [0.29, 0.717) is 50.8 Å². The van der Waals surface area contributed by atoms with Crippen molar-refractivity contribution >= 4 is 0 Å². The average molecular weight is 679 g/mol. The molecule has 0 N–H and O–H groups in total. The maximum atomic E-state index is 7.13. The van der Waals surface area contributed by atoms with Crippen molar-refractivity contribution < 1.29 is 28.4 Å². The molecule has 4 aromatic carbocycles. The van der Waals surface area contributed by atoms with Gasteiger partial charge in [-0.3, -0.25) is 0 Å². The molecule has 1 unspecified atom stereocenters. The van der Waals surface area contributed by atoms with Gasteiger partial charge in [0.25, 0.3) is 0 Å². The van der Waals surface area contributed by atoms with Crippen LogP contribution >= 0.6 is 0 Å². The Labute approximate surface area is 299 Å². The first-order valence-corrected chi connectivity index (χ1v) is 18.4. The Hall–Kier alpha value is -3.36. The van der Waals surface area contributed by atoms with Gasteiger partial charge in [-0.05, 0) is 52.8 Å². The molecule has 2 fully saturated rings. The summed E-state index contributed by atoms with van der Waals surface area (Å²) in [6.07, 6.45) is 0.756. The molecule has 1 heterocycles. The third kappa shape index (κ3) is 10.3. The van der Waals surface area contributed by atoms with Crippen molar-refractivity contribution in [1.82, 2.24) is 0 Å². The molecule has 1 saturated heterocycles. The highest BCUT2D eigenvalue weighted by Gasteiger charge is 2.50. The fourth-order valence-electron chi connectivity index (χ4n) is 7.30. The van der Waals surface area contributed by atoms with E-state index in [-0.39, 0.29) is 6.10 Å². The largest absolute Gasteiger partial charge is 0.374 e. The highest BCUT2D eigenvalue weighted by molar-refractivity contribution is 5.16. The molecule has 50 heavy (non-hydrogen) atoms. The quantitative estimate of drug-likeness (QED) is 0.118. The number of benzene rings is 4. The normalized spacial score (nSPS) is 27.0. The fraction of sp³-hybridized carbons (Fsp3) is 0.455. The summed E-state index contributed by atoms with van der Waals surface area (Å²) in [5.74, 6) is 1.52. The second kappa shape index (κ2) is 18.8. The van der Waals surface area contributed by atoms with Crippen molar-refractivity contribution in [3.63, 3.8) is 0 Å². The zero-order valence-corrected chi connectivity index (χ0v) is 29.8. The summed E-state index contributed by atoms with van der Waals surface area (Å²) < 4.78 is 41.1. The van der Waals surface area contributed by atoms with Gasteiger partial charge in [0, 0.05) is 0 Å². The number of hydrogen-bond donors (Lipinski definition) is 0. The van der Waals surface area contributed by atoms with E-state index >= 15 is 0 Å². The van der Waals surface area contributed by atoms with E-state index in [1.807, 2.05) is 72.8 Å². The van der Waals surface area contributed by atoms with Crippen LogP contribution in [0.2, 0.25) is 0 Å². The van der Waals surface area contributed by atoms with Crippen LogP contribution in [0.15, 0.2) is 121 Å². The topological polar surface area (TPSA) is 55.4 Å². The molecule has 8 atom stereocenters. The van der Waals surface area contributed by atoms with Gasteiger partial charge in [-0.25, -0.2) is 0 Å². The summed E-state index contributed by atoms with van der Waals surface area (Å²) >= 11 is 0. The molecule has 0 radical (unpaired) electrons. The van der Waals surface area contributed by atoms with Crippen LogP contribution in [0, 0.1) is 17.8 Å². The Kier molecular flexibility index (Phi) is 13.7. The lowest BCUT2D eigenvalue weighted by molar-refractivity contribution is -0.341. The fourth-order valence-corrected chi connectivity index (χ4v) is 7.30. The van der Waals surface area contributed by atoms with Gasteiger partial charge in [0.2, 0.25) is 0 Å². The molecule has 0 spiro atoms. The molecule has 1 saturated carbocycles. The van der Waals surface area contributed by atoms with Crippen LogP contribution in [0.3, 0.4) is 0 Å². The van der Waals surface area contributed by atoms with Crippen LogP contribution < -0.4 is 0 Å². The van der Waals surface area contributed by atoms with Crippen LogP contribution in [0.4, 0.5) is 0 Å². The van der Waals surface area contributed by atoms with Gasteiger partial charge in [-0.1, -0.05) is 149 Å². The summed E-state index contributed by atoms with van der Waals surface area (Å²) in [4.78, 5) is 0. The van der Waals surface area contributed by atoms with E-state index in [4.69, 9.17) is 28.4 Å². The van der Waals surface area contributed by atoms with Crippen molar-refractivity contribution in [3.8, 4) is 0 Å². The van der Waals surface area contributed by atoms with Crippen molar-refractivity contribution in [2.24, 2.45) is 17.8 Å². The van der Waals surface area contributed by atoms with E-state index in [2.05, 4.69) is 69.3 Å². The van der Waals surface area contributed by atoms with Gasteiger partial charge < -0.3 is 28.4 Å². The van der Waals surface area contributed by atoms with Crippen molar-refractivity contribution in [3.05, 3.63) is 144 Å². The summed E-state index contributed by atoms with van der Waals surface area (Å²) in [6.45, 7) is 8.94. The average Bonchev–Trinajstić information content (AvgIpc) is 3.14. The lowest BCUT2D eigenvalue weighted by atomic mass is 9.75. The van der Waals surface area contributed by atoms with Gasteiger partial charge in [-0.2, -0.15) is 0 Å². The molecule has 266 valence electrons. The number of hydrogen-bond acceptors (Lipinski definition) is 6. The van der Waals surface area contributed by atoms with Crippen LogP contribution in [0.5, 0.6) is 0 Å². The molecule has 0 bridgehead atoms. The molecule has 6 heteroatoms. The maximum Gasteiger partial charge on any atom is 0.187 e. The third-order valence-corrected chi connectivity index (χ3v) is 10.1. The minimum atomic E-state index is -0.669. The zero-order valence-electron chi connectivity index (χ0n) is 29.8. The van der Waals surface area contributed by atoms with Crippen LogP contribution in [0.1, 0.15) is 62.3 Å². The van der Waals surface area contributed by atoms with Crippen molar-refractivity contribution in [1.29, 1.82) is 0 Å². The predicted octanol–water partition coefficient (Wildman–Crippen LogP) is 9.16. The molecule has 1 aliphatic carbocycles. The minimum absolute atomic E-state index is 0.0500. The molecule has 0 amide bonds. The second-order valence-corrected chi connectivity index (χ2v) is 14.3. The molecular formula is C44H54O6. The molecule has 6 nitrogen and oxygen atoms in total. The minimum Gasteiger partial charge on any atom is -0.374 e. The smallest absolute Gasteiger partial charge is 0.187 e. The first-order valence-electron chi connectivity index (χ1n) is 18.4. The molecule has 4 aromatic rings. The molecule has 2 aliphatic rings. The van der Waals surface area contributed by atoms with Gasteiger partial charge in [-0.15, -0.1) is 0 Å². The Morgan fingerprint density at radius 2 is 1.04 bits per heavy atom. The zero-order chi connectivity index (χ0) is 34.5. The van der Waals surface area contributed by atoms with Gasteiger partial charge in [0.15, 0.2) is 6.29 Å². The van der Waals surface area contributed by atoms with Gasteiger partial charge in [0.1, 0.15) is 24.4 Å². The molecule has 1 aliphatic heterocycles. The molecular weight excluding hydrogens is 624 g/mol. The van der Waals surface area contributed by atoms with Crippen LogP contribution in [-0.4, -0.2) is 43.4 Å². The number of ether oxygens (including phenoxy) is 6. The highest BCUT2D eigenvalue weighted by Crippen LogP contribution is 2.39. The Bertz CT molecular complexity index is 1500. The summed E-state index contributed by atoms with van der Waals surface area (Å²) in [6, 6.07) is 41.0. The van der Waals surface area contributed by atoms with E-state index in [1.165, 1.54) is 6.42 Å². The van der Waals surface area contributed by atoms with E-state index < -0.39 is 30.7 Å². The van der Waals surface area contributed by atoms with Gasteiger partial charge in [0.05, 0.1) is 39.1 Å². The molecule has 0 aromatic heterocycles. The third-order valence-electron chi connectivity index (χ3n) is 10.1. The Morgan fingerprint density at radius 3 is 1.54 bits per heavy atom. The standard InChI is InChI=1S/C44H54O6/c1-32(2)38-25-24-33(3)26-39(38)49-44-43(48-30-37-22-14-7-15-23-37)42(47-29-36-20-12-6-13-21-36)41(46-28-35-18-10-5-11-19-35)40(50-44)31-45-27-34-16-8-4-9-17-34/h4-23,32-33,38-44H,24-31H2,1-3H3/t33-,38+,39-,40-,41-,42+,43-,44?/m1/s1. The first kappa shape index (κ1) is 36.4. The highest BCUT2D eigenvalue weighted by atomic mass is 16.7. The summed E-state index contributed by atoms with van der Waals surface area (Å²) in [7, 11) is 0. The summed E-state index contributed by atoms with van der Waals surface area (Å²) in [5, 5.41) is 0. The number of rotatable bonds is 16. The predicted molar refractivity (Wildman–Crippen MR) is 196 cm³/mol. The van der Waals surface area contributed by atoms with E-state index in [1.54, 1.807) is 0 Å². The summed E-state index contributed by atoms with van der Waals surface area (Å²) in [5.41, 5.74) is 4.34. The van der Waals surface area contributed by atoms with E-state index in [9.17, 15) is 0 Å². The van der Waals surface area contributed by atoms with Crippen molar-refractivity contribution in [2.75, 3.05) is 6.61 Å². The Morgan fingerprint density at radius 1 is 0.580 bits per heavy atom. The maximum absolute atomic E-state index is 7.13. The lowest BCUT2D eigenvalue weighted by Gasteiger charge is -2.48. The monoisotopic (exact) mass is 678 g/mol. The molecule has 6 rings (SSSR count). The van der Waals surface area contributed by atoms with Crippen molar-refractivity contribution in [2.45, 2.75) is 103 Å². The first-order chi connectivity index (χ1) is 24.5. The Balaban J connectivity index is 1.33. The lowest BCUT2D eigenvalue weighted by Crippen LogP contribution is -2.62. The SMILES string of the molecule is CC(C)[C@@H]1CC[C@@H](C)C[C@H]1OC1O[C@H](COCc2ccccc2)[C@@H](OCc2ccccc2)[C@H](OCc2ccccc2)[C@H]1OCc1ccccc1. The van der Waals surface area contributed by atoms with E-state index in [0.717, 1.165) is 35.1 Å².